The van der Waals surface area contributed by atoms with Crippen LogP contribution in [0.1, 0.15) is 12.0 Å². The minimum atomic E-state index is -4.46. The Balaban J connectivity index is 2.33. The van der Waals surface area contributed by atoms with E-state index in [2.05, 4.69) is 10.1 Å². The summed E-state index contributed by atoms with van der Waals surface area (Å²) in [5.74, 6) is 0. The van der Waals surface area contributed by atoms with Gasteiger partial charge in [-0.15, -0.1) is 0 Å². The predicted molar refractivity (Wildman–Crippen MR) is 76.3 cm³/mol. The first kappa shape index (κ1) is 14.4. The molecule has 0 unspecified atom stereocenters. The molecule has 0 aromatic heterocycles. The topological polar surface area (TPSA) is 106 Å². The SMILES string of the molecule is Cc1ccc(NC2=CCC(=[N+]=[N-])C=C2P(=O)(O)O)cc1. The third kappa shape index (κ3) is 3.32. The lowest BCUT2D eigenvalue weighted by atomic mass is 10.1. The van der Waals surface area contributed by atoms with Crippen molar-refractivity contribution in [3.8, 4) is 0 Å². The first-order valence-corrected chi connectivity index (χ1v) is 7.54. The summed E-state index contributed by atoms with van der Waals surface area (Å²) in [7, 11) is -4.46. The van der Waals surface area contributed by atoms with Crippen LogP contribution in [0.4, 0.5) is 5.69 Å². The Morgan fingerprint density at radius 2 is 1.95 bits per heavy atom. The van der Waals surface area contributed by atoms with Gasteiger partial charge >= 0.3 is 7.60 Å². The van der Waals surface area contributed by atoms with Crippen LogP contribution in [0, 0.1) is 6.92 Å². The molecule has 6 nitrogen and oxygen atoms in total. The van der Waals surface area contributed by atoms with Gasteiger partial charge in [0, 0.05) is 11.8 Å². The van der Waals surface area contributed by atoms with Crippen LogP contribution in [0.3, 0.4) is 0 Å². The molecule has 0 fully saturated rings. The standard InChI is InChI=1S/C13H14N3O3P/c1-9-2-4-10(5-3-9)15-12-7-6-11(16-14)8-13(12)20(17,18)19/h2-5,7-8,15H,6H2,1H3,(H2,17,18,19). The van der Waals surface area contributed by atoms with Gasteiger partial charge in [0.25, 0.3) is 5.71 Å². The summed E-state index contributed by atoms with van der Waals surface area (Å²) in [5.41, 5.74) is 11.1. The molecule has 104 valence electrons. The molecule has 20 heavy (non-hydrogen) atoms. The lowest BCUT2D eigenvalue weighted by Gasteiger charge is -2.17. The Hall–Kier alpha value is -1.97. The van der Waals surface area contributed by atoms with Crippen LogP contribution < -0.4 is 5.32 Å². The molecule has 0 aliphatic heterocycles. The molecule has 0 saturated heterocycles. The van der Waals surface area contributed by atoms with Crippen LogP contribution in [-0.4, -0.2) is 20.3 Å². The van der Waals surface area contributed by atoms with Gasteiger partial charge in [-0.25, -0.2) is 0 Å². The summed E-state index contributed by atoms with van der Waals surface area (Å²) in [5, 5.41) is 2.79. The third-order valence-electron chi connectivity index (χ3n) is 2.87. The molecule has 0 spiro atoms. The van der Waals surface area contributed by atoms with Gasteiger partial charge in [0.2, 0.25) is 0 Å². The maximum Gasteiger partial charge on any atom is 0.358 e. The zero-order valence-corrected chi connectivity index (χ0v) is 11.7. The monoisotopic (exact) mass is 291 g/mol. The van der Waals surface area contributed by atoms with Gasteiger partial charge in [0.05, 0.1) is 17.4 Å². The van der Waals surface area contributed by atoms with Crippen LogP contribution in [0.25, 0.3) is 5.53 Å². The van der Waals surface area contributed by atoms with Gasteiger partial charge in [-0.2, -0.15) is 4.79 Å². The molecule has 1 aliphatic carbocycles. The number of rotatable bonds is 3. The van der Waals surface area contributed by atoms with E-state index in [0.717, 1.165) is 11.3 Å². The Bertz CT molecular complexity index is 679. The molecule has 1 aromatic rings. The number of aryl methyl sites for hydroxylation is 1. The van der Waals surface area contributed by atoms with Crippen molar-refractivity contribution in [2.75, 3.05) is 5.32 Å². The van der Waals surface area contributed by atoms with E-state index in [1.807, 2.05) is 31.2 Å². The molecule has 0 heterocycles. The molecular weight excluding hydrogens is 277 g/mol. The highest BCUT2D eigenvalue weighted by Crippen LogP contribution is 2.49. The average Bonchev–Trinajstić information content (AvgIpc) is 2.40. The van der Waals surface area contributed by atoms with E-state index in [1.54, 1.807) is 6.08 Å². The van der Waals surface area contributed by atoms with Crippen LogP contribution in [0.15, 0.2) is 47.4 Å². The highest BCUT2D eigenvalue weighted by Gasteiger charge is 2.29. The zero-order valence-electron chi connectivity index (χ0n) is 10.8. The number of benzene rings is 1. The third-order valence-corrected chi connectivity index (χ3v) is 3.87. The number of hydrogen-bond acceptors (Lipinski definition) is 2. The van der Waals surface area contributed by atoms with Crippen molar-refractivity contribution in [1.82, 2.24) is 0 Å². The van der Waals surface area contributed by atoms with Crippen molar-refractivity contribution in [1.29, 1.82) is 0 Å². The fourth-order valence-electron chi connectivity index (χ4n) is 1.82. The fourth-order valence-corrected chi connectivity index (χ4v) is 2.60. The maximum atomic E-state index is 11.5. The highest BCUT2D eigenvalue weighted by atomic mass is 31.2. The largest absolute Gasteiger partial charge is 0.361 e. The smallest absolute Gasteiger partial charge is 0.358 e. The second kappa shape index (κ2) is 5.57. The Morgan fingerprint density at radius 3 is 2.50 bits per heavy atom. The molecule has 3 N–H and O–H groups in total. The lowest BCUT2D eigenvalue weighted by molar-refractivity contribution is -0.00546. The van der Waals surface area contributed by atoms with Crippen molar-refractivity contribution in [2.24, 2.45) is 0 Å². The second-order valence-electron chi connectivity index (χ2n) is 4.48. The molecule has 0 amide bonds. The predicted octanol–water partition coefficient (Wildman–Crippen LogP) is 2.43. The van der Waals surface area contributed by atoms with E-state index in [9.17, 15) is 14.4 Å². The van der Waals surface area contributed by atoms with Crippen LogP contribution in [-0.2, 0) is 4.57 Å². The minimum Gasteiger partial charge on any atom is -0.361 e. The molecule has 7 heteroatoms. The molecule has 0 atom stereocenters. The highest BCUT2D eigenvalue weighted by molar-refractivity contribution is 7.57. The number of allylic oxidation sites excluding steroid dienone is 3. The van der Waals surface area contributed by atoms with E-state index in [1.165, 1.54) is 6.08 Å². The normalized spacial score (nSPS) is 15.2. The summed E-state index contributed by atoms with van der Waals surface area (Å²) < 4.78 is 11.5. The summed E-state index contributed by atoms with van der Waals surface area (Å²) in [6, 6.07) is 7.44. The average molecular weight is 291 g/mol. The first-order chi connectivity index (χ1) is 9.40. The minimum absolute atomic E-state index is 0.183. The van der Waals surface area contributed by atoms with E-state index in [0.29, 0.717) is 12.1 Å². The molecular formula is C13H14N3O3P. The number of nitrogens with zero attached hydrogens (tertiary/aromatic N) is 2. The fraction of sp³-hybridized carbons (Fsp3) is 0.154. The molecule has 0 bridgehead atoms. The zero-order chi connectivity index (χ0) is 14.8. The molecule has 0 radical (unpaired) electrons. The lowest BCUT2D eigenvalue weighted by Crippen LogP contribution is -2.11. The first-order valence-electron chi connectivity index (χ1n) is 5.93. The summed E-state index contributed by atoms with van der Waals surface area (Å²) in [6.07, 6.45) is 3.09. The Morgan fingerprint density at radius 1 is 1.30 bits per heavy atom. The van der Waals surface area contributed by atoms with Gasteiger partial charge in [0.15, 0.2) is 0 Å². The van der Waals surface area contributed by atoms with Crippen molar-refractivity contribution >= 4 is 19.0 Å². The van der Waals surface area contributed by atoms with Crippen molar-refractivity contribution in [2.45, 2.75) is 13.3 Å². The van der Waals surface area contributed by atoms with Crippen molar-refractivity contribution in [3.63, 3.8) is 0 Å². The van der Waals surface area contributed by atoms with Crippen LogP contribution in [0.2, 0.25) is 0 Å². The number of nitrogens with one attached hydrogen (secondary N) is 1. The van der Waals surface area contributed by atoms with Crippen molar-refractivity contribution in [3.05, 3.63) is 58.5 Å². The molecule has 1 aliphatic rings. The second-order valence-corrected chi connectivity index (χ2v) is 6.05. The molecule has 0 saturated carbocycles. The van der Waals surface area contributed by atoms with Gasteiger partial charge in [-0.3, -0.25) is 4.57 Å². The van der Waals surface area contributed by atoms with Gasteiger partial charge in [-0.05, 0) is 25.1 Å². The van der Waals surface area contributed by atoms with Gasteiger partial charge < -0.3 is 20.6 Å². The van der Waals surface area contributed by atoms with Gasteiger partial charge in [-0.1, -0.05) is 17.7 Å². The van der Waals surface area contributed by atoms with E-state index in [4.69, 9.17) is 5.53 Å². The quantitative estimate of drug-likeness (QED) is 0.451. The van der Waals surface area contributed by atoms with Crippen molar-refractivity contribution < 1.29 is 19.1 Å². The summed E-state index contributed by atoms with van der Waals surface area (Å²) >= 11 is 0. The van der Waals surface area contributed by atoms with Crippen LogP contribution >= 0.6 is 7.60 Å². The molecule has 2 rings (SSSR count). The number of anilines is 1. The van der Waals surface area contributed by atoms with E-state index < -0.39 is 7.60 Å². The van der Waals surface area contributed by atoms with E-state index in [-0.39, 0.29) is 11.0 Å². The van der Waals surface area contributed by atoms with Crippen LogP contribution in [0.5, 0.6) is 0 Å². The number of hydrogen-bond donors (Lipinski definition) is 3. The molecule has 1 aromatic carbocycles. The maximum absolute atomic E-state index is 11.5. The Labute approximate surface area is 116 Å². The van der Waals surface area contributed by atoms with Gasteiger partial charge in [0.1, 0.15) is 0 Å². The summed E-state index contributed by atoms with van der Waals surface area (Å²) in [6.45, 7) is 1.95. The Kier molecular flexibility index (Phi) is 4.02. The summed E-state index contributed by atoms with van der Waals surface area (Å²) in [4.78, 5) is 21.7. The van der Waals surface area contributed by atoms with E-state index >= 15 is 0 Å².